The first-order valence-electron chi connectivity index (χ1n) is 9.07. The molecule has 5 nitrogen and oxygen atoms in total. The summed E-state index contributed by atoms with van der Waals surface area (Å²) in [6.45, 7) is 5.67. The molecule has 1 heterocycles. The fourth-order valence-corrected chi connectivity index (χ4v) is 3.33. The Morgan fingerprint density at radius 1 is 1.11 bits per heavy atom. The lowest BCUT2D eigenvalue weighted by Crippen LogP contribution is -2.19. The molecule has 1 aliphatic rings. The van der Waals surface area contributed by atoms with Gasteiger partial charge in [0.25, 0.3) is 0 Å². The number of rotatable bonds is 5. The number of aliphatic hydroxyl groups excluding tert-OH is 1. The number of hydrogen-bond acceptors (Lipinski definition) is 5. The molecule has 0 aliphatic carbocycles. The van der Waals surface area contributed by atoms with E-state index < -0.39 is 23.8 Å². The Morgan fingerprint density at radius 2 is 1.78 bits per heavy atom. The lowest BCUT2D eigenvalue weighted by molar-refractivity contribution is -0.141. The van der Waals surface area contributed by atoms with E-state index in [0.717, 1.165) is 22.1 Å². The average molecular weight is 368 g/mol. The second-order valence-corrected chi connectivity index (χ2v) is 7.34. The van der Waals surface area contributed by atoms with Crippen molar-refractivity contribution in [3.63, 3.8) is 0 Å². The third-order valence-corrected chi connectivity index (χ3v) is 4.92. The van der Waals surface area contributed by atoms with Crippen LogP contribution in [0.4, 0.5) is 0 Å². The van der Waals surface area contributed by atoms with Crippen LogP contribution < -0.4 is 4.74 Å². The molecule has 0 amide bonds. The fraction of sp³-hybridized carbons (Fsp3) is 0.364. The van der Waals surface area contributed by atoms with Crippen LogP contribution in [0.25, 0.3) is 10.8 Å². The molecule has 3 rings (SSSR count). The molecule has 2 aromatic rings. The minimum Gasteiger partial charge on any atom is -0.511 e. The van der Waals surface area contributed by atoms with E-state index in [1.54, 1.807) is 14.0 Å². The third kappa shape index (κ3) is 3.68. The topological polar surface area (TPSA) is 72.8 Å². The van der Waals surface area contributed by atoms with Crippen molar-refractivity contribution in [3.05, 3.63) is 53.3 Å². The summed E-state index contributed by atoms with van der Waals surface area (Å²) in [4.78, 5) is 24.7. The summed E-state index contributed by atoms with van der Waals surface area (Å²) in [5, 5.41) is 12.6. The molecule has 0 radical (unpaired) electrons. The first-order valence-corrected chi connectivity index (χ1v) is 9.07. The van der Waals surface area contributed by atoms with E-state index in [9.17, 15) is 14.7 Å². The van der Waals surface area contributed by atoms with Crippen LogP contribution in [0.3, 0.4) is 0 Å². The van der Waals surface area contributed by atoms with E-state index in [-0.39, 0.29) is 17.3 Å². The highest BCUT2D eigenvalue weighted by Gasteiger charge is 2.42. The summed E-state index contributed by atoms with van der Waals surface area (Å²) >= 11 is 0. The number of allylic oxidation sites excluding steroid dienone is 1. The highest BCUT2D eigenvalue weighted by atomic mass is 16.6. The van der Waals surface area contributed by atoms with E-state index in [2.05, 4.69) is 0 Å². The number of hydrogen-bond donors (Lipinski definition) is 1. The first kappa shape index (κ1) is 19.0. The van der Waals surface area contributed by atoms with Crippen molar-refractivity contribution in [3.8, 4) is 5.75 Å². The number of methoxy groups -OCH3 is 1. The molecule has 2 aromatic carbocycles. The smallest absolute Gasteiger partial charge is 0.346 e. The van der Waals surface area contributed by atoms with Crippen molar-refractivity contribution < 1.29 is 24.2 Å². The number of esters is 1. The predicted molar refractivity (Wildman–Crippen MR) is 103 cm³/mol. The number of carbonyl (C=O) groups is 2. The zero-order valence-electron chi connectivity index (χ0n) is 16.0. The van der Waals surface area contributed by atoms with Gasteiger partial charge >= 0.3 is 5.97 Å². The molecule has 2 unspecified atom stereocenters. The van der Waals surface area contributed by atoms with E-state index in [4.69, 9.17) is 9.47 Å². The van der Waals surface area contributed by atoms with Crippen LogP contribution in [0, 0.1) is 5.92 Å². The van der Waals surface area contributed by atoms with Gasteiger partial charge < -0.3 is 14.6 Å². The largest absolute Gasteiger partial charge is 0.511 e. The van der Waals surface area contributed by atoms with Gasteiger partial charge in [0.15, 0.2) is 6.10 Å². The first-order chi connectivity index (χ1) is 12.8. The summed E-state index contributed by atoms with van der Waals surface area (Å²) in [5.74, 6) is -0.916. The molecule has 1 fully saturated rings. The maximum absolute atomic E-state index is 12.5. The average Bonchev–Trinajstić information content (AvgIpc) is 2.92. The van der Waals surface area contributed by atoms with Gasteiger partial charge in [-0.3, -0.25) is 4.79 Å². The van der Waals surface area contributed by atoms with Crippen molar-refractivity contribution in [2.45, 2.75) is 39.2 Å². The van der Waals surface area contributed by atoms with Gasteiger partial charge in [-0.15, -0.1) is 0 Å². The number of ether oxygens (including phenoxy) is 2. The molecule has 0 spiro atoms. The SMILES string of the molecule is COc1ccc2cc(C(C)/C(O)=C3\C(=O)OC(CC(C)C)C3=O)ccc2c1. The lowest BCUT2D eigenvalue weighted by Gasteiger charge is -2.14. The van der Waals surface area contributed by atoms with Crippen molar-refractivity contribution in [2.75, 3.05) is 7.11 Å². The maximum Gasteiger partial charge on any atom is 0.346 e. The van der Waals surface area contributed by atoms with Gasteiger partial charge in [0.05, 0.1) is 7.11 Å². The van der Waals surface area contributed by atoms with Crippen molar-refractivity contribution in [1.82, 2.24) is 0 Å². The Labute approximate surface area is 158 Å². The van der Waals surface area contributed by atoms with E-state index in [1.165, 1.54) is 0 Å². The predicted octanol–water partition coefficient (Wildman–Crippen LogP) is 4.30. The Hall–Kier alpha value is -2.82. The molecule has 142 valence electrons. The summed E-state index contributed by atoms with van der Waals surface area (Å²) in [6, 6.07) is 11.5. The number of benzene rings is 2. The Kier molecular flexibility index (Phi) is 5.22. The summed E-state index contributed by atoms with van der Waals surface area (Å²) in [6.07, 6.45) is -0.348. The second kappa shape index (κ2) is 7.43. The molecule has 0 saturated carbocycles. The van der Waals surface area contributed by atoms with E-state index in [0.29, 0.717) is 6.42 Å². The van der Waals surface area contributed by atoms with Crippen molar-refractivity contribution in [1.29, 1.82) is 0 Å². The van der Waals surface area contributed by atoms with Crippen LogP contribution in [0.1, 0.15) is 38.7 Å². The second-order valence-electron chi connectivity index (χ2n) is 7.34. The maximum atomic E-state index is 12.5. The number of carbonyl (C=O) groups excluding carboxylic acids is 2. The van der Waals surface area contributed by atoms with Gasteiger partial charge in [0, 0.05) is 5.92 Å². The monoisotopic (exact) mass is 368 g/mol. The molecular formula is C22H24O5. The van der Waals surface area contributed by atoms with Gasteiger partial charge in [-0.1, -0.05) is 45.0 Å². The Balaban J connectivity index is 1.93. The van der Waals surface area contributed by atoms with Crippen LogP contribution >= 0.6 is 0 Å². The molecular weight excluding hydrogens is 344 g/mol. The number of fused-ring (bicyclic) bond motifs is 1. The molecule has 0 aromatic heterocycles. The van der Waals surface area contributed by atoms with Gasteiger partial charge in [-0.05, 0) is 40.8 Å². The molecule has 0 bridgehead atoms. The Morgan fingerprint density at radius 3 is 2.44 bits per heavy atom. The molecule has 1 aliphatic heterocycles. The molecule has 27 heavy (non-hydrogen) atoms. The van der Waals surface area contributed by atoms with Crippen LogP contribution in [-0.2, 0) is 14.3 Å². The standard InChI is InChI=1S/C22H24O5/c1-12(2)9-18-21(24)19(22(25)27-18)20(23)13(3)14-5-6-16-11-17(26-4)8-7-15(16)10-14/h5-8,10-13,18,23H,9H2,1-4H3/b20-19+. The number of Topliss-reactive ketones (excluding diaryl/α,β-unsaturated/α-hetero) is 1. The van der Waals surface area contributed by atoms with E-state index in [1.807, 2.05) is 50.2 Å². The number of ketones is 1. The fourth-order valence-electron chi connectivity index (χ4n) is 3.33. The highest BCUT2D eigenvalue weighted by Crippen LogP contribution is 2.32. The van der Waals surface area contributed by atoms with Gasteiger partial charge in [-0.25, -0.2) is 4.79 Å². The van der Waals surface area contributed by atoms with Crippen LogP contribution in [0.2, 0.25) is 0 Å². The molecule has 1 N–H and O–H groups in total. The zero-order chi connectivity index (χ0) is 19.7. The van der Waals surface area contributed by atoms with Crippen molar-refractivity contribution in [2.24, 2.45) is 5.92 Å². The normalized spacial score (nSPS) is 20.1. The summed E-state index contributed by atoms with van der Waals surface area (Å²) < 4.78 is 10.4. The third-order valence-electron chi connectivity index (χ3n) is 4.92. The molecule has 1 saturated heterocycles. The van der Waals surface area contributed by atoms with Crippen molar-refractivity contribution >= 4 is 22.5 Å². The highest BCUT2D eigenvalue weighted by molar-refractivity contribution is 6.23. The van der Waals surface area contributed by atoms with Crippen LogP contribution in [0.15, 0.2) is 47.7 Å². The van der Waals surface area contributed by atoms with Gasteiger partial charge in [0.1, 0.15) is 17.1 Å². The molecule has 2 atom stereocenters. The number of cyclic esters (lactones) is 1. The van der Waals surface area contributed by atoms with Crippen LogP contribution in [-0.4, -0.2) is 30.1 Å². The lowest BCUT2D eigenvalue weighted by atomic mass is 9.92. The molecule has 5 heteroatoms. The quantitative estimate of drug-likeness (QED) is 0.369. The van der Waals surface area contributed by atoms with Crippen LogP contribution in [0.5, 0.6) is 5.75 Å². The Bertz CT molecular complexity index is 925. The minimum atomic E-state index is -0.800. The van der Waals surface area contributed by atoms with Gasteiger partial charge in [0.2, 0.25) is 5.78 Å². The van der Waals surface area contributed by atoms with E-state index >= 15 is 0 Å². The number of aliphatic hydroxyl groups is 1. The van der Waals surface area contributed by atoms with Gasteiger partial charge in [-0.2, -0.15) is 0 Å². The summed E-state index contributed by atoms with van der Waals surface area (Å²) in [5.41, 5.74) is 0.591. The summed E-state index contributed by atoms with van der Waals surface area (Å²) in [7, 11) is 1.62. The minimum absolute atomic E-state index is 0.211. The zero-order valence-corrected chi connectivity index (χ0v) is 16.0.